The Hall–Kier alpha value is -2.52. The summed E-state index contributed by atoms with van der Waals surface area (Å²) in [5.41, 5.74) is 3.67. The Labute approximate surface area is 142 Å². The molecule has 2 nitrogen and oxygen atoms in total. The number of aliphatic hydroxyl groups is 1. The Morgan fingerprint density at radius 2 is 1.38 bits per heavy atom. The van der Waals surface area contributed by atoms with Crippen LogP contribution in [0.15, 0.2) is 66.7 Å². The second-order valence-electron chi connectivity index (χ2n) is 6.71. The molecule has 3 aromatic carbocycles. The van der Waals surface area contributed by atoms with Crippen LogP contribution in [0.3, 0.4) is 0 Å². The molecule has 0 aliphatic rings. The highest BCUT2D eigenvalue weighted by atomic mass is 16.3. The Balaban J connectivity index is 2.18. The van der Waals surface area contributed by atoms with Gasteiger partial charge in [0, 0.05) is 16.3 Å². The van der Waals surface area contributed by atoms with Crippen LogP contribution in [0.1, 0.15) is 19.4 Å². The summed E-state index contributed by atoms with van der Waals surface area (Å²) in [4.78, 5) is 0. The first kappa shape index (κ1) is 15.0. The van der Waals surface area contributed by atoms with Gasteiger partial charge < -0.3 is 9.67 Å². The zero-order chi connectivity index (χ0) is 16.9. The molecule has 0 aliphatic heterocycles. The highest BCUT2D eigenvalue weighted by Gasteiger charge is 2.23. The Morgan fingerprint density at radius 1 is 0.833 bits per heavy atom. The van der Waals surface area contributed by atoms with E-state index < -0.39 is 5.60 Å². The summed E-state index contributed by atoms with van der Waals surface area (Å²) in [6.45, 7) is 3.58. The molecule has 0 bridgehead atoms. The number of fused-ring (bicyclic) bond motifs is 3. The van der Waals surface area contributed by atoms with Crippen molar-refractivity contribution in [2.45, 2.75) is 19.4 Å². The smallest absolute Gasteiger partial charge is 0.113 e. The summed E-state index contributed by atoms with van der Waals surface area (Å²) in [6.07, 6.45) is 0. The highest BCUT2D eigenvalue weighted by molar-refractivity contribution is 6.32. The number of nitrogens with zero attached hydrogens (tertiary/aromatic N) is 1. The number of rotatable bonds is 2. The third kappa shape index (κ3) is 2.24. The number of hydrogen-bond donors (Lipinski definition) is 1. The molecule has 116 valence electrons. The number of hydrogen-bond acceptors (Lipinski definition) is 1. The molecule has 0 unspecified atom stereocenters. The normalized spacial score (nSPS) is 12.1. The van der Waals surface area contributed by atoms with E-state index in [0.29, 0.717) is 5.46 Å². The van der Waals surface area contributed by atoms with Crippen molar-refractivity contribution >= 4 is 35.1 Å². The van der Waals surface area contributed by atoms with Crippen molar-refractivity contribution < 1.29 is 5.11 Å². The molecule has 1 N–H and O–H groups in total. The van der Waals surface area contributed by atoms with E-state index in [2.05, 4.69) is 41.0 Å². The summed E-state index contributed by atoms with van der Waals surface area (Å²) < 4.78 is 2.21. The molecule has 2 radical (unpaired) electrons. The second kappa shape index (κ2) is 5.25. The van der Waals surface area contributed by atoms with E-state index >= 15 is 0 Å². The van der Waals surface area contributed by atoms with Crippen LogP contribution >= 0.6 is 0 Å². The molecule has 0 aliphatic carbocycles. The third-order valence-electron chi connectivity index (χ3n) is 4.50. The first-order valence-electron chi connectivity index (χ1n) is 8.08. The van der Waals surface area contributed by atoms with Crippen LogP contribution in [-0.4, -0.2) is 17.5 Å². The summed E-state index contributed by atoms with van der Waals surface area (Å²) in [5.74, 6) is 0. The van der Waals surface area contributed by atoms with Crippen LogP contribution in [0.4, 0.5) is 0 Å². The fourth-order valence-electron chi connectivity index (χ4n) is 3.42. The van der Waals surface area contributed by atoms with E-state index in [1.165, 1.54) is 10.8 Å². The predicted octanol–water partition coefficient (Wildman–Crippen LogP) is 3.80. The summed E-state index contributed by atoms with van der Waals surface area (Å²) in [5, 5.41) is 13.1. The van der Waals surface area contributed by atoms with Crippen LogP contribution in [0.2, 0.25) is 0 Å². The number of aromatic nitrogens is 1. The van der Waals surface area contributed by atoms with Crippen molar-refractivity contribution in [3.63, 3.8) is 0 Å². The first-order valence-corrected chi connectivity index (χ1v) is 8.08. The molecule has 4 aromatic rings. The van der Waals surface area contributed by atoms with Gasteiger partial charge in [-0.25, -0.2) is 0 Å². The second-order valence-corrected chi connectivity index (χ2v) is 6.71. The summed E-state index contributed by atoms with van der Waals surface area (Å²) >= 11 is 0. The minimum atomic E-state index is -0.989. The van der Waals surface area contributed by atoms with E-state index in [1.54, 1.807) is 13.8 Å². The quantitative estimate of drug-likeness (QED) is 0.560. The minimum Gasteiger partial charge on any atom is -0.386 e. The van der Waals surface area contributed by atoms with Crippen molar-refractivity contribution in [1.29, 1.82) is 0 Å². The lowest BCUT2D eigenvalue weighted by atomic mass is 9.88. The maximum atomic E-state index is 10.7. The Bertz CT molecular complexity index is 1000. The summed E-state index contributed by atoms with van der Waals surface area (Å²) in [6, 6.07) is 22.4. The molecule has 24 heavy (non-hydrogen) atoms. The van der Waals surface area contributed by atoms with Crippen LogP contribution in [-0.2, 0) is 5.60 Å². The molecular weight excluding hydrogens is 293 g/mol. The molecule has 0 atom stereocenters. The van der Waals surface area contributed by atoms with Crippen molar-refractivity contribution in [3.8, 4) is 5.69 Å². The van der Waals surface area contributed by atoms with Gasteiger partial charge in [-0.1, -0.05) is 54.0 Å². The lowest BCUT2D eigenvalue weighted by Gasteiger charge is -2.24. The lowest BCUT2D eigenvalue weighted by Crippen LogP contribution is -2.21. The first-order chi connectivity index (χ1) is 11.5. The third-order valence-corrected chi connectivity index (χ3v) is 4.50. The Kier molecular flexibility index (Phi) is 3.29. The monoisotopic (exact) mass is 311 g/mol. The number of para-hydroxylation sites is 2. The van der Waals surface area contributed by atoms with Gasteiger partial charge in [0.25, 0.3) is 0 Å². The molecule has 0 amide bonds. The van der Waals surface area contributed by atoms with Crippen LogP contribution < -0.4 is 5.46 Å². The zero-order valence-electron chi connectivity index (χ0n) is 13.8. The molecule has 0 saturated carbocycles. The molecule has 0 saturated heterocycles. The maximum absolute atomic E-state index is 10.7. The van der Waals surface area contributed by atoms with Crippen LogP contribution in [0, 0.1) is 0 Å². The van der Waals surface area contributed by atoms with E-state index in [1.807, 2.05) is 30.3 Å². The van der Waals surface area contributed by atoms with Gasteiger partial charge >= 0.3 is 0 Å². The highest BCUT2D eigenvalue weighted by Crippen LogP contribution is 2.35. The van der Waals surface area contributed by atoms with Gasteiger partial charge in [0.2, 0.25) is 0 Å². The van der Waals surface area contributed by atoms with E-state index in [9.17, 15) is 5.11 Å². The van der Waals surface area contributed by atoms with Gasteiger partial charge in [-0.3, -0.25) is 0 Å². The van der Waals surface area contributed by atoms with Crippen LogP contribution in [0.5, 0.6) is 0 Å². The standard InChI is InChI=1S/C21H18BNO/c1-21(2,24)17-13-14(22)11-12-20(17)23-18-9-5-3-7-15(18)16-8-4-6-10-19(16)23/h3-13,24H,1-2H3. The molecule has 1 aromatic heterocycles. The van der Waals surface area contributed by atoms with Crippen molar-refractivity contribution in [2.75, 3.05) is 0 Å². The fourth-order valence-corrected chi connectivity index (χ4v) is 3.42. The average Bonchev–Trinajstić information content (AvgIpc) is 2.89. The number of benzene rings is 3. The predicted molar refractivity (Wildman–Crippen MR) is 101 cm³/mol. The SMILES string of the molecule is [B]c1ccc(-n2c3ccccc3c3ccccc32)c(C(C)(C)O)c1. The topological polar surface area (TPSA) is 25.2 Å². The van der Waals surface area contributed by atoms with Crippen LogP contribution in [0.25, 0.3) is 27.5 Å². The molecular formula is C21H18BNO. The average molecular weight is 311 g/mol. The largest absolute Gasteiger partial charge is 0.386 e. The summed E-state index contributed by atoms with van der Waals surface area (Å²) in [7, 11) is 5.98. The molecule has 4 rings (SSSR count). The minimum absolute atomic E-state index is 0.650. The van der Waals surface area contributed by atoms with E-state index in [4.69, 9.17) is 7.85 Å². The molecule has 0 fully saturated rings. The van der Waals surface area contributed by atoms with Gasteiger partial charge in [-0.05, 0) is 32.0 Å². The van der Waals surface area contributed by atoms with Gasteiger partial charge in [0.05, 0.1) is 22.3 Å². The van der Waals surface area contributed by atoms with E-state index in [0.717, 1.165) is 22.3 Å². The molecule has 1 heterocycles. The lowest BCUT2D eigenvalue weighted by molar-refractivity contribution is 0.0787. The zero-order valence-corrected chi connectivity index (χ0v) is 13.8. The van der Waals surface area contributed by atoms with Gasteiger partial charge in [0.15, 0.2) is 0 Å². The molecule has 0 spiro atoms. The van der Waals surface area contributed by atoms with Crippen molar-refractivity contribution in [2.24, 2.45) is 0 Å². The Morgan fingerprint density at radius 3 is 1.92 bits per heavy atom. The van der Waals surface area contributed by atoms with E-state index in [-0.39, 0.29) is 0 Å². The maximum Gasteiger partial charge on any atom is 0.113 e. The fraction of sp³-hybridized carbons (Fsp3) is 0.143. The van der Waals surface area contributed by atoms with Crippen molar-refractivity contribution in [3.05, 3.63) is 72.3 Å². The molecule has 3 heteroatoms. The van der Waals surface area contributed by atoms with Gasteiger partial charge in [0.1, 0.15) is 7.85 Å². The van der Waals surface area contributed by atoms with Gasteiger partial charge in [-0.2, -0.15) is 0 Å². The van der Waals surface area contributed by atoms with Gasteiger partial charge in [-0.15, -0.1) is 0 Å². The van der Waals surface area contributed by atoms with Crippen molar-refractivity contribution in [1.82, 2.24) is 4.57 Å².